The zero-order valence-corrected chi connectivity index (χ0v) is 9.63. The number of hydrogen-bond donors (Lipinski definition) is 2. The molecule has 1 atom stereocenters. The smallest absolute Gasteiger partial charge is 0.403 e. The first kappa shape index (κ1) is 14.2. The molecule has 0 amide bonds. The Morgan fingerprint density at radius 2 is 2.00 bits per heavy atom. The van der Waals surface area contributed by atoms with Crippen molar-refractivity contribution in [1.29, 1.82) is 0 Å². The molecule has 7 heteroatoms. The van der Waals surface area contributed by atoms with Gasteiger partial charge in [-0.05, 0) is 33.0 Å². The predicted molar refractivity (Wildman–Crippen MR) is 55.7 cm³/mol. The van der Waals surface area contributed by atoms with Crippen molar-refractivity contribution in [2.45, 2.75) is 25.1 Å². The molecule has 0 aliphatic carbocycles. The molecule has 2 N–H and O–H groups in total. The summed E-state index contributed by atoms with van der Waals surface area (Å²) < 4.78 is 37.4. The van der Waals surface area contributed by atoms with Crippen molar-refractivity contribution in [2.75, 3.05) is 26.7 Å². The molecule has 1 heterocycles. The van der Waals surface area contributed by atoms with Crippen LogP contribution in [0.25, 0.3) is 0 Å². The Hall–Kier alpha value is -0.820. The Labute approximate surface area is 97.8 Å². The topological polar surface area (TPSA) is 52.6 Å². The first-order chi connectivity index (χ1) is 7.82. The van der Waals surface area contributed by atoms with Gasteiger partial charge in [0, 0.05) is 12.6 Å². The molecule has 1 unspecified atom stereocenters. The van der Waals surface area contributed by atoms with E-state index in [1.165, 1.54) is 4.90 Å². The van der Waals surface area contributed by atoms with Crippen LogP contribution < -0.4 is 5.32 Å². The summed E-state index contributed by atoms with van der Waals surface area (Å²) in [6.07, 6.45) is -3.19. The van der Waals surface area contributed by atoms with Gasteiger partial charge in [0.25, 0.3) is 0 Å². The Bertz CT molecular complexity index is 265. The summed E-state index contributed by atoms with van der Waals surface area (Å²) in [6, 6.07) is 0.0282. The third-order valence-corrected chi connectivity index (χ3v) is 3.10. The van der Waals surface area contributed by atoms with Gasteiger partial charge in [-0.3, -0.25) is 4.79 Å². The number of carboxylic acid groups (broad SMARTS) is 1. The highest BCUT2D eigenvalue weighted by molar-refractivity contribution is 5.71. The quantitative estimate of drug-likeness (QED) is 0.783. The lowest BCUT2D eigenvalue weighted by molar-refractivity contribution is -0.197. The van der Waals surface area contributed by atoms with Crippen molar-refractivity contribution in [3.63, 3.8) is 0 Å². The second kappa shape index (κ2) is 5.68. The minimum atomic E-state index is -4.69. The minimum Gasteiger partial charge on any atom is -0.481 e. The van der Waals surface area contributed by atoms with Gasteiger partial charge in [0.05, 0.1) is 0 Å². The molecule has 0 radical (unpaired) electrons. The zero-order valence-electron chi connectivity index (χ0n) is 9.63. The molecule has 100 valence electrons. The third kappa shape index (κ3) is 4.16. The van der Waals surface area contributed by atoms with Gasteiger partial charge in [0.1, 0.15) is 0 Å². The molecular formula is C10H17F3N2O2. The normalized spacial score (nSPS) is 20.5. The Kier molecular flexibility index (Phi) is 4.76. The van der Waals surface area contributed by atoms with Gasteiger partial charge in [-0.15, -0.1) is 0 Å². The number of piperidine rings is 1. The monoisotopic (exact) mass is 254 g/mol. The summed E-state index contributed by atoms with van der Waals surface area (Å²) >= 11 is 0. The van der Waals surface area contributed by atoms with Gasteiger partial charge in [0.15, 0.2) is 5.92 Å². The van der Waals surface area contributed by atoms with E-state index in [0.29, 0.717) is 0 Å². The van der Waals surface area contributed by atoms with Crippen molar-refractivity contribution in [3.05, 3.63) is 0 Å². The Morgan fingerprint density at radius 3 is 2.41 bits per heavy atom. The fourth-order valence-corrected chi connectivity index (χ4v) is 2.01. The van der Waals surface area contributed by atoms with E-state index < -0.39 is 24.6 Å². The number of carboxylic acids is 1. The molecule has 0 spiro atoms. The first-order valence-electron chi connectivity index (χ1n) is 5.53. The van der Waals surface area contributed by atoms with E-state index >= 15 is 0 Å². The highest BCUT2D eigenvalue weighted by atomic mass is 19.4. The summed E-state index contributed by atoms with van der Waals surface area (Å²) in [7, 11) is 1.55. The predicted octanol–water partition coefficient (Wildman–Crippen LogP) is 0.933. The lowest BCUT2D eigenvalue weighted by Gasteiger charge is -2.33. The maximum Gasteiger partial charge on any atom is 0.403 e. The van der Waals surface area contributed by atoms with Crippen LogP contribution in [-0.2, 0) is 4.79 Å². The van der Waals surface area contributed by atoms with Gasteiger partial charge >= 0.3 is 12.1 Å². The second-order valence-electron chi connectivity index (χ2n) is 4.35. The summed E-state index contributed by atoms with van der Waals surface area (Å²) in [5, 5.41) is 11.7. The molecule has 17 heavy (non-hydrogen) atoms. The van der Waals surface area contributed by atoms with Crippen LogP contribution in [0.5, 0.6) is 0 Å². The first-order valence-corrected chi connectivity index (χ1v) is 5.53. The van der Waals surface area contributed by atoms with Gasteiger partial charge in [-0.1, -0.05) is 0 Å². The molecule has 0 aromatic heterocycles. The number of rotatable bonds is 4. The average molecular weight is 254 g/mol. The maximum absolute atomic E-state index is 12.5. The van der Waals surface area contributed by atoms with Crippen LogP contribution in [0.3, 0.4) is 0 Å². The number of nitrogens with one attached hydrogen (secondary N) is 1. The lowest BCUT2D eigenvalue weighted by Crippen LogP contribution is -2.47. The molecule has 1 saturated heterocycles. The Balaban J connectivity index is 2.57. The molecule has 0 aromatic carbocycles. The Morgan fingerprint density at radius 1 is 1.47 bits per heavy atom. The summed E-state index contributed by atoms with van der Waals surface area (Å²) in [5.74, 6) is -4.11. The van der Waals surface area contributed by atoms with E-state index in [2.05, 4.69) is 5.32 Å². The number of alkyl halides is 3. The summed E-state index contributed by atoms with van der Waals surface area (Å²) in [5.41, 5.74) is 0. The standard InChI is InChI=1S/C10H17F3N2O2/c1-15(7-2-4-14-5-3-7)6-8(9(16)17)10(11,12)13/h7-8,14H,2-6H2,1H3,(H,16,17). The molecule has 1 rings (SSSR count). The van der Waals surface area contributed by atoms with Crippen LogP contribution in [0.4, 0.5) is 13.2 Å². The molecular weight excluding hydrogens is 237 g/mol. The molecule has 0 aromatic rings. The van der Waals surface area contributed by atoms with Crippen LogP contribution >= 0.6 is 0 Å². The number of hydrogen-bond acceptors (Lipinski definition) is 3. The van der Waals surface area contributed by atoms with E-state index in [-0.39, 0.29) is 6.04 Å². The average Bonchev–Trinajstić information content (AvgIpc) is 2.24. The van der Waals surface area contributed by atoms with Crippen molar-refractivity contribution in [3.8, 4) is 0 Å². The van der Waals surface area contributed by atoms with Crippen molar-refractivity contribution >= 4 is 5.97 Å². The van der Waals surface area contributed by atoms with Gasteiger partial charge in [-0.25, -0.2) is 0 Å². The summed E-state index contributed by atoms with van der Waals surface area (Å²) in [4.78, 5) is 12.1. The SMILES string of the molecule is CN(CC(C(=O)O)C(F)(F)F)C1CCNCC1. The molecule has 0 bridgehead atoms. The van der Waals surface area contributed by atoms with Crippen molar-refractivity contribution < 1.29 is 23.1 Å². The molecule has 1 aliphatic heterocycles. The third-order valence-electron chi connectivity index (χ3n) is 3.10. The molecule has 0 saturated carbocycles. The highest BCUT2D eigenvalue weighted by Gasteiger charge is 2.46. The van der Waals surface area contributed by atoms with E-state index in [4.69, 9.17) is 5.11 Å². The lowest BCUT2D eigenvalue weighted by atomic mass is 10.0. The van der Waals surface area contributed by atoms with Crippen LogP contribution in [0, 0.1) is 5.92 Å². The molecule has 1 aliphatic rings. The van der Waals surface area contributed by atoms with Crippen LogP contribution in [0.15, 0.2) is 0 Å². The zero-order chi connectivity index (χ0) is 13.1. The highest BCUT2D eigenvalue weighted by Crippen LogP contribution is 2.28. The fraction of sp³-hybridized carbons (Fsp3) is 0.900. The van der Waals surface area contributed by atoms with Crippen LogP contribution in [0.1, 0.15) is 12.8 Å². The van der Waals surface area contributed by atoms with Crippen LogP contribution in [-0.4, -0.2) is 54.9 Å². The minimum absolute atomic E-state index is 0.0282. The van der Waals surface area contributed by atoms with E-state index in [1.54, 1.807) is 7.05 Å². The van der Waals surface area contributed by atoms with Crippen molar-refractivity contribution in [1.82, 2.24) is 10.2 Å². The van der Waals surface area contributed by atoms with Gasteiger partial charge in [-0.2, -0.15) is 13.2 Å². The van der Waals surface area contributed by atoms with E-state index in [0.717, 1.165) is 25.9 Å². The number of nitrogens with zero attached hydrogens (tertiary/aromatic N) is 1. The van der Waals surface area contributed by atoms with Crippen molar-refractivity contribution in [2.24, 2.45) is 5.92 Å². The van der Waals surface area contributed by atoms with Gasteiger partial charge in [0.2, 0.25) is 0 Å². The van der Waals surface area contributed by atoms with E-state index in [9.17, 15) is 18.0 Å². The maximum atomic E-state index is 12.5. The summed E-state index contributed by atoms with van der Waals surface area (Å²) in [6.45, 7) is 1.04. The number of halogens is 3. The number of aliphatic carboxylic acids is 1. The molecule has 4 nitrogen and oxygen atoms in total. The van der Waals surface area contributed by atoms with E-state index in [1.807, 2.05) is 0 Å². The van der Waals surface area contributed by atoms with Crippen LogP contribution in [0.2, 0.25) is 0 Å². The van der Waals surface area contributed by atoms with Gasteiger partial charge < -0.3 is 15.3 Å². The largest absolute Gasteiger partial charge is 0.481 e. The fourth-order valence-electron chi connectivity index (χ4n) is 2.01. The number of carbonyl (C=O) groups is 1. The molecule has 1 fully saturated rings. The second-order valence-corrected chi connectivity index (χ2v) is 4.35.